The standard InChI is InChI=1S/C16H21N3O4/c20-13-7-6-12(14(21)8-13)9-18-19-15(22)10-17-16(23)11-4-2-1-3-5-11/h6-9,11,20-21H,1-5,10H2,(H,17,23)(H,19,22). The van der Waals surface area contributed by atoms with Crippen LogP contribution in [0.3, 0.4) is 0 Å². The third-order valence-corrected chi connectivity index (χ3v) is 3.81. The number of phenolic OH excluding ortho intramolecular Hbond substituents is 2. The summed E-state index contributed by atoms with van der Waals surface area (Å²) in [6.45, 7) is -0.131. The first kappa shape index (κ1) is 16.8. The van der Waals surface area contributed by atoms with Gasteiger partial charge >= 0.3 is 0 Å². The third-order valence-electron chi connectivity index (χ3n) is 3.81. The van der Waals surface area contributed by atoms with Gasteiger partial charge in [-0.2, -0.15) is 5.10 Å². The van der Waals surface area contributed by atoms with E-state index < -0.39 is 5.91 Å². The minimum absolute atomic E-state index is 0.00833. The Kier molecular flexibility index (Phi) is 5.96. The van der Waals surface area contributed by atoms with Crippen LogP contribution in [-0.4, -0.2) is 34.8 Å². The molecule has 1 aliphatic rings. The number of aromatic hydroxyl groups is 2. The van der Waals surface area contributed by atoms with Gasteiger partial charge in [-0.3, -0.25) is 9.59 Å². The zero-order chi connectivity index (χ0) is 16.7. The minimum Gasteiger partial charge on any atom is -0.508 e. The van der Waals surface area contributed by atoms with Crippen molar-refractivity contribution in [1.82, 2.24) is 10.7 Å². The molecule has 1 fully saturated rings. The molecule has 0 saturated heterocycles. The van der Waals surface area contributed by atoms with Gasteiger partial charge in [-0.1, -0.05) is 19.3 Å². The van der Waals surface area contributed by atoms with E-state index in [-0.39, 0.29) is 29.9 Å². The maximum Gasteiger partial charge on any atom is 0.259 e. The molecule has 0 atom stereocenters. The van der Waals surface area contributed by atoms with E-state index >= 15 is 0 Å². The van der Waals surface area contributed by atoms with Crippen molar-refractivity contribution in [2.24, 2.45) is 11.0 Å². The number of hydrogen-bond donors (Lipinski definition) is 4. The Hall–Kier alpha value is -2.57. The lowest BCUT2D eigenvalue weighted by Gasteiger charge is -2.20. The molecule has 0 aliphatic heterocycles. The highest BCUT2D eigenvalue weighted by molar-refractivity contribution is 5.88. The molecule has 1 saturated carbocycles. The van der Waals surface area contributed by atoms with E-state index in [1.165, 1.54) is 30.8 Å². The Morgan fingerprint density at radius 3 is 2.65 bits per heavy atom. The molecular formula is C16H21N3O4. The average molecular weight is 319 g/mol. The number of carbonyl (C=O) groups excluding carboxylic acids is 2. The second-order valence-corrected chi connectivity index (χ2v) is 5.59. The van der Waals surface area contributed by atoms with Crippen LogP contribution in [0.5, 0.6) is 11.5 Å². The summed E-state index contributed by atoms with van der Waals surface area (Å²) in [5.74, 6) is -0.722. The van der Waals surface area contributed by atoms with E-state index in [0.29, 0.717) is 5.56 Å². The highest BCUT2D eigenvalue weighted by Crippen LogP contribution is 2.23. The molecule has 0 bridgehead atoms. The van der Waals surface area contributed by atoms with Crippen LogP contribution in [0, 0.1) is 5.92 Å². The van der Waals surface area contributed by atoms with Gasteiger partial charge in [-0.15, -0.1) is 0 Å². The average Bonchev–Trinajstić information content (AvgIpc) is 2.55. The molecule has 7 heteroatoms. The molecule has 4 N–H and O–H groups in total. The van der Waals surface area contributed by atoms with Crippen LogP contribution in [0.25, 0.3) is 0 Å². The summed E-state index contributed by atoms with van der Waals surface area (Å²) in [7, 11) is 0. The SMILES string of the molecule is O=C(CNC(=O)C1CCCCC1)NN=Cc1ccc(O)cc1O. The summed E-state index contributed by atoms with van der Waals surface area (Å²) >= 11 is 0. The van der Waals surface area contributed by atoms with Crippen molar-refractivity contribution in [3.8, 4) is 11.5 Å². The Balaban J connectivity index is 1.74. The van der Waals surface area contributed by atoms with Gasteiger partial charge in [0.25, 0.3) is 5.91 Å². The number of amides is 2. The molecule has 124 valence electrons. The Morgan fingerprint density at radius 1 is 1.22 bits per heavy atom. The van der Waals surface area contributed by atoms with Crippen molar-refractivity contribution in [2.45, 2.75) is 32.1 Å². The van der Waals surface area contributed by atoms with Gasteiger partial charge in [-0.05, 0) is 25.0 Å². The first-order valence-electron chi connectivity index (χ1n) is 7.68. The fourth-order valence-electron chi connectivity index (χ4n) is 2.53. The van der Waals surface area contributed by atoms with Crippen LogP contribution in [-0.2, 0) is 9.59 Å². The van der Waals surface area contributed by atoms with Crippen LogP contribution >= 0.6 is 0 Å². The second-order valence-electron chi connectivity index (χ2n) is 5.59. The zero-order valence-corrected chi connectivity index (χ0v) is 12.8. The zero-order valence-electron chi connectivity index (χ0n) is 12.8. The van der Waals surface area contributed by atoms with Crippen LogP contribution in [0.2, 0.25) is 0 Å². The number of benzene rings is 1. The summed E-state index contributed by atoms with van der Waals surface area (Å²) in [5.41, 5.74) is 2.63. The normalized spacial score (nSPS) is 15.5. The number of rotatable bonds is 5. The molecule has 0 spiro atoms. The van der Waals surface area contributed by atoms with Crippen molar-refractivity contribution in [3.63, 3.8) is 0 Å². The predicted octanol–water partition coefficient (Wildman–Crippen LogP) is 1.24. The van der Waals surface area contributed by atoms with Gasteiger partial charge in [0.2, 0.25) is 5.91 Å². The Labute approximate surface area is 134 Å². The topological polar surface area (TPSA) is 111 Å². The molecule has 7 nitrogen and oxygen atoms in total. The smallest absolute Gasteiger partial charge is 0.259 e. The molecule has 1 aromatic rings. The lowest BCUT2D eigenvalue weighted by molar-refractivity contribution is -0.129. The van der Waals surface area contributed by atoms with Crippen molar-refractivity contribution in [2.75, 3.05) is 6.54 Å². The third kappa shape index (κ3) is 5.28. The van der Waals surface area contributed by atoms with Gasteiger partial charge in [-0.25, -0.2) is 5.43 Å². The lowest BCUT2D eigenvalue weighted by atomic mass is 9.89. The van der Waals surface area contributed by atoms with E-state index in [9.17, 15) is 14.7 Å². The van der Waals surface area contributed by atoms with E-state index in [2.05, 4.69) is 15.8 Å². The number of hydrogen-bond acceptors (Lipinski definition) is 5. The summed E-state index contributed by atoms with van der Waals surface area (Å²) < 4.78 is 0. The van der Waals surface area contributed by atoms with Crippen molar-refractivity contribution in [1.29, 1.82) is 0 Å². The number of carbonyl (C=O) groups is 2. The molecule has 1 aromatic carbocycles. The van der Waals surface area contributed by atoms with Crippen molar-refractivity contribution >= 4 is 18.0 Å². The molecule has 23 heavy (non-hydrogen) atoms. The van der Waals surface area contributed by atoms with E-state index in [1.54, 1.807) is 0 Å². The van der Waals surface area contributed by atoms with Crippen LogP contribution in [0.1, 0.15) is 37.7 Å². The fourth-order valence-corrected chi connectivity index (χ4v) is 2.53. The van der Waals surface area contributed by atoms with E-state index in [0.717, 1.165) is 25.7 Å². The maximum absolute atomic E-state index is 11.9. The fraction of sp³-hybridized carbons (Fsp3) is 0.438. The molecule has 0 aromatic heterocycles. The molecule has 2 rings (SSSR count). The number of phenols is 2. The van der Waals surface area contributed by atoms with Gasteiger partial charge in [0.1, 0.15) is 11.5 Å². The summed E-state index contributed by atoms with van der Waals surface area (Å²) in [6.07, 6.45) is 6.31. The quantitative estimate of drug-likeness (QED) is 0.483. The Morgan fingerprint density at radius 2 is 1.96 bits per heavy atom. The van der Waals surface area contributed by atoms with Crippen LogP contribution in [0.15, 0.2) is 23.3 Å². The van der Waals surface area contributed by atoms with Gasteiger partial charge in [0.05, 0.1) is 12.8 Å². The monoisotopic (exact) mass is 319 g/mol. The molecule has 1 aliphatic carbocycles. The second kappa shape index (κ2) is 8.17. The van der Waals surface area contributed by atoms with E-state index in [4.69, 9.17) is 5.11 Å². The molecule has 2 amide bonds. The maximum atomic E-state index is 11.9. The summed E-state index contributed by atoms with van der Waals surface area (Å²) in [4.78, 5) is 23.5. The summed E-state index contributed by atoms with van der Waals surface area (Å²) in [5, 5.41) is 25.0. The minimum atomic E-state index is -0.441. The number of nitrogens with one attached hydrogen (secondary N) is 2. The molecule has 0 unspecified atom stereocenters. The van der Waals surface area contributed by atoms with Gasteiger partial charge < -0.3 is 15.5 Å². The van der Waals surface area contributed by atoms with Gasteiger partial charge in [0, 0.05) is 17.5 Å². The van der Waals surface area contributed by atoms with Crippen LogP contribution < -0.4 is 10.7 Å². The number of hydrazone groups is 1. The lowest BCUT2D eigenvalue weighted by Crippen LogP contribution is -2.38. The first-order chi connectivity index (χ1) is 11.1. The predicted molar refractivity (Wildman–Crippen MR) is 85.1 cm³/mol. The van der Waals surface area contributed by atoms with Crippen molar-refractivity contribution in [3.05, 3.63) is 23.8 Å². The molecule has 0 heterocycles. The van der Waals surface area contributed by atoms with Gasteiger partial charge in [0.15, 0.2) is 0 Å². The Bertz CT molecular complexity index is 595. The first-order valence-corrected chi connectivity index (χ1v) is 7.68. The largest absolute Gasteiger partial charge is 0.508 e. The molecular weight excluding hydrogens is 298 g/mol. The highest BCUT2D eigenvalue weighted by Gasteiger charge is 2.21. The highest BCUT2D eigenvalue weighted by atomic mass is 16.3. The van der Waals surface area contributed by atoms with E-state index in [1.807, 2.05) is 0 Å². The molecule has 0 radical (unpaired) electrons. The van der Waals surface area contributed by atoms with Crippen molar-refractivity contribution < 1.29 is 19.8 Å². The number of nitrogens with zero attached hydrogens (tertiary/aromatic N) is 1. The van der Waals surface area contributed by atoms with Crippen LogP contribution in [0.4, 0.5) is 0 Å². The summed E-state index contributed by atoms with van der Waals surface area (Å²) in [6, 6.07) is 4.03.